The highest BCUT2D eigenvalue weighted by molar-refractivity contribution is 5.61. The van der Waals surface area contributed by atoms with Gasteiger partial charge in [0.15, 0.2) is 5.82 Å². The summed E-state index contributed by atoms with van der Waals surface area (Å²) in [4.78, 5) is 0. The fourth-order valence-electron chi connectivity index (χ4n) is 1.37. The molecule has 1 heterocycles. The molecular weight excluding hydrogens is 197 g/mol. The fourth-order valence-corrected chi connectivity index (χ4v) is 1.37. The molecule has 0 saturated carbocycles. The lowest BCUT2D eigenvalue weighted by atomic mass is 10.1. The molecule has 0 unspecified atom stereocenters. The normalized spacial score (nSPS) is 10.5. The number of nitrogens with zero attached hydrogens (tertiary/aromatic N) is 3. The minimum absolute atomic E-state index is 0.119. The summed E-state index contributed by atoms with van der Waals surface area (Å²) in [7, 11) is 0. The first-order chi connectivity index (χ1) is 7.09. The van der Waals surface area contributed by atoms with Crippen LogP contribution in [0.25, 0.3) is 11.4 Å². The molecule has 1 aromatic heterocycles. The third kappa shape index (κ3) is 1.50. The summed E-state index contributed by atoms with van der Waals surface area (Å²) in [6.45, 7) is 1.77. The Bertz CT molecular complexity index is 505. The summed E-state index contributed by atoms with van der Waals surface area (Å²) in [5.41, 5.74) is 6.89. The van der Waals surface area contributed by atoms with Crippen molar-refractivity contribution >= 4 is 5.95 Å². The number of nitrogens with two attached hydrogens (primary N) is 2. The first kappa shape index (κ1) is 9.45. The maximum Gasteiger partial charge on any atom is 0.241 e. The van der Waals surface area contributed by atoms with Gasteiger partial charge in [-0.1, -0.05) is 0 Å². The number of rotatable bonds is 1. The van der Waals surface area contributed by atoms with Gasteiger partial charge in [-0.05, 0) is 30.7 Å². The second kappa shape index (κ2) is 3.23. The minimum atomic E-state index is -0.299. The molecule has 6 heteroatoms. The van der Waals surface area contributed by atoms with Crippen molar-refractivity contribution in [1.82, 2.24) is 14.9 Å². The third-order valence-corrected chi connectivity index (χ3v) is 2.15. The van der Waals surface area contributed by atoms with Crippen molar-refractivity contribution in [2.24, 2.45) is 0 Å². The Labute approximate surface area is 85.5 Å². The van der Waals surface area contributed by atoms with Gasteiger partial charge in [0.05, 0.1) is 0 Å². The highest BCUT2D eigenvalue weighted by Crippen LogP contribution is 2.21. The fraction of sp³-hybridized carbons (Fsp3) is 0.111. The van der Waals surface area contributed by atoms with Gasteiger partial charge in [-0.3, -0.25) is 0 Å². The SMILES string of the molecule is Cc1cc(F)ccc1-c1nnc(N)n1N. The van der Waals surface area contributed by atoms with Gasteiger partial charge in [0.2, 0.25) is 5.95 Å². The Morgan fingerprint density at radius 3 is 2.60 bits per heavy atom. The lowest BCUT2D eigenvalue weighted by Gasteiger charge is -2.04. The van der Waals surface area contributed by atoms with Gasteiger partial charge in [-0.2, -0.15) is 0 Å². The molecule has 15 heavy (non-hydrogen) atoms. The first-order valence-electron chi connectivity index (χ1n) is 4.32. The van der Waals surface area contributed by atoms with Crippen molar-refractivity contribution in [2.75, 3.05) is 11.6 Å². The molecule has 0 atom stereocenters. The molecule has 1 aromatic carbocycles. The molecule has 0 bridgehead atoms. The summed E-state index contributed by atoms with van der Waals surface area (Å²) >= 11 is 0. The van der Waals surface area contributed by atoms with E-state index in [1.54, 1.807) is 13.0 Å². The number of hydrogen-bond acceptors (Lipinski definition) is 4. The number of halogens is 1. The van der Waals surface area contributed by atoms with Crippen LogP contribution in [-0.2, 0) is 0 Å². The number of hydrogen-bond donors (Lipinski definition) is 2. The molecule has 0 spiro atoms. The summed E-state index contributed by atoms with van der Waals surface area (Å²) < 4.78 is 14.0. The number of aryl methyl sites for hydroxylation is 1. The van der Waals surface area contributed by atoms with Crippen LogP contribution in [0, 0.1) is 12.7 Å². The number of nitrogen functional groups attached to an aromatic ring is 2. The van der Waals surface area contributed by atoms with Crippen molar-refractivity contribution < 1.29 is 4.39 Å². The predicted molar refractivity (Wildman–Crippen MR) is 54.7 cm³/mol. The molecule has 0 amide bonds. The minimum Gasteiger partial charge on any atom is -0.366 e. The average Bonchev–Trinajstić information content (AvgIpc) is 2.49. The zero-order valence-corrected chi connectivity index (χ0v) is 8.11. The van der Waals surface area contributed by atoms with E-state index in [1.807, 2.05) is 0 Å². The Hall–Kier alpha value is -2.11. The Balaban J connectivity index is 2.59. The van der Waals surface area contributed by atoms with Crippen LogP contribution in [0.4, 0.5) is 10.3 Å². The molecular formula is C9H10FN5. The van der Waals surface area contributed by atoms with Crippen molar-refractivity contribution in [2.45, 2.75) is 6.92 Å². The van der Waals surface area contributed by atoms with Gasteiger partial charge >= 0.3 is 0 Å². The van der Waals surface area contributed by atoms with Crippen molar-refractivity contribution in [3.8, 4) is 11.4 Å². The van der Waals surface area contributed by atoms with Crippen LogP contribution in [0.15, 0.2) is 18.2 Å². The largest absolute Gasteiger partial charge is 0.366 e. The van der Waals surface area contributed by atoms with Crippen molar-refractivity contribution in [3.05, 3.63) is 29.6 Å². The van der Waals surface area contributed by atoms with Crippen LogP contribution < -0.4 is 11.6 Å². The molecule has 0 aliphatic heterocycles. The summed E-state index contributed by atoms with van der Waals surface area (Å²) in [5, 5.41) is 7.44. The van der Waals surface area contributed by atoms with Crippen LogP contribution in [-0.4, -0.2) is 14.9 Å². The third-order valence-electron chi connectivity index (χ3n) is 2.15. The molecule has 5 nitrogen and oxygen atoms in total. The van der Waals surface area contributed by atoms with Gasteiger partial charge in [0, 0.05) is 5.56 Å². The quantitative estimate of drug-likeness (QED) is 0.674. The molecule has 0 fully saturated rings. The highest BCUT2D eigenvalue weighted by Gasteiger charge is 2.11. The number of anilines is 1. The van der Waals surface area contributed by atoms with E-state index in [1.165, 1.54) is 16.8 Å². The summed E-state index contributed by atoms with van der Waals surface area (Å²) in [6.07, 6.45) is 0. The van der Waals surface area contributed by atoms with E-state index in [2.05, 4.69) is 10.2 Å². The van der Waals surface area contributed by atoms with Crippen LogP contribution in [0.3, 0.4) is 0 Å². The molecule has 2 aromatic rings. The van der Waals surface area contributed by atoms with Crippen LogP contribution in [0.5, 0.6) is 0 Å². The monoisotopic (exact) mass is 207 g/mol. The van der Waals surface area contributed by atoms with Gasteiger partial charge in [-0.15, -0.1) is 10.2 Å². The van der Waals surface area contributed by atoms with Gasteiger partial charge in [0.1, 0.15) is 5.82 Å². The molecule has 0 aliphatic carbocycles. The number of aromatic nitrogens is 3. The smallest absolute Gasteiger partial charge is 0.241 e. The Kier molecular flexibility index (Phi) is 2.03. The van der Waals surface area contributed by atoms with Crippen molar-refractivity contribution in [3.63, 3.8) is 0 Å². The van der Waals surface area contributed by atoms with E-state index in [-0.39, 0.29) is 11.8 Å². The van der Waals surface area contributed by atoms with Gasteiger partial charge in [-0.25, -0.2) is 9.07 Å². The maximum absolute atomic E-state index is 12.9. The molecule has 0 aliphatic rings. The zero-order valence-electron chi connectivity index (χ0n) is 8.11. The zero-order chi connectivity index (χ0) is 11.0. The van der Waals surface area contributed by atoms with Crippen LogP contribution in [0.2, 0.25) is 0 Å². The van der Waals surface area contributed by atoms with E-state index in [4.69, 9.17) is 11.6 Å². The molecule has 0 saturated heterocycles. The standard InChI is InChI=1S/C9H10FN5/c1-5-4-6(10)2-3-7(5)8-13-14-9(11)15(8)12/h2-4H,12H2,1H3,(H2,11,14). The maximum atomic E-state index is 12.9. The second-order valence-electron chi connectivity index (χ2n) is 3.21. The highest BCUT2D eigenvalue weighted by atomic mass is 19.1. The number of benzene rings is 1. The van der Waals surface area contributed by atoms with Crippen LogP contribution in [0.1, 0.15) is 5.56 Å². The van der Waals surface area contributed by atoms with E-state index in [0.717, 1.165) is 5.56 Å². The molecule has 0 radical (unpaired) electrons. The van der Waals surface area contributed by atoms with E-state index >= 15 is 0 Å². The summed E-state index contributed by atoms with van der Waals surface area (Å²) in [5.74, 6) is 5.86. The van der Waals surface area contributed by atoms with Gasteiger partial charge < -0.3 is 11.6 Å². The Morgan fingerprint density at radius 2 is 2.07 bits per heavy atom. The lowest BCUT2D eigenvalue weighted by Crippen LogP contribution is -2.13. The van der Waals surface area contributed by atoms with E-state index < -0.39 is 0 Å². The van der Waals surface area contributed by atoms with E-state index in [9.17, 15) is 4.39 Å². The molecule has 2 rings (SSSR count). The topological polar surface area (TPSA) is 82.8 Å². The average molecular weight is 207 g/mol. The molecule has 4 N–H and O–H groups in total. The van der Waals surface area contributed by atoms with E-state index in [0.29, 0.717) is 11.4 Å². The van der Waals surface area contributed by atoms with Crippen LogP contribution >= 0.6 is 0 Å². The Morgan fingerprint density at radius 1 is 1.33 bits per heavy atom. The predicted octanol–water partition coefficient (Wildman–Crippen LogP) is 0.689. The second-order valence-corrected chi connectivity index (χ2v) is 3.21. The lowest BCUT2D eigenvalue weighted by molar-refractivity contribution is 0.627. The summed E-state index contributed by atoms with van der Waals surface area (Å²) in [6, 6.07) is 4.34. The van der Waals surface area contributed by atoms with Gasteiger partial charge in [0.25, 0.3) is 0 Å². The first-order valence-corrected chi connectivity index (χ1v) is 4.32. The molecule has 78 valence electrons. The van der Waals surface area contributed by atoms with Crippen molar-refractivity contribution in [1.29, 1.82) is 0 Å².